The van der Waals surface area contributed by atoms with E-state index < -0.39 is 0 Å². The number of nitrogens with zero attached hydrogens (tertiary/aromatic N) is 1. The van der Waals surface area contributed by atoms with Gasteiger partial charge in [-0.25, -0.2) is 0 Å². The second kappa shape index (κ2) is 6.39. The fourth-order valence-corrected chi connectivity index (χ4v) is 2.75. The molecule has 1 aromatic carbocycles. The average Bonchev–Trinajstić information content (AvgIpc) is 2.42. The van der Waals surface area contributed by atoms with Gasteiger partial charge in [0.05, 0.1) is 12.2 Å². The molecule has 2 rings (SSSR count). The summed E-state index contributed by atoms with van der Waals surface area (Å²) in [4.78, 5) is 14.1. The van der Waals surface area contributed by atoms with E-state index in [4.69, 9.17) is 10.5 Å². The predicted molar refractivity (Wildman–Crippen MR) is 79.1 cm³/mol. The van der Waals surface area contributed by atoms with Crippen molar-refractivity contribution in [2.24, 2.45) is 5.92 Å². The minimum Gasteiger partial charge on any atom is -0.399 e. The van der Waals surface area contributed by atoms with Crippen LogP contribution in [0.2, 0.25) is 0 Å². The number of anilines is 1. The van der Waals surface area contributed by atoms with Crippen LogP contribution in [0.5, 0.6) is 0 Å². The largest absolute Gasteiger partial charge is 0.399 e. The molecule has 4 nitrogen and oxygen atoms in total. The molecule has 1 aliphatic rings. The van der Waals surface area contributed by atoms with Crippen LogP contribution in [0, 0.1) is 5.92 Å². The van der Waals surface area contributed by atoms with Gasteiger partial charge in [-0.15, -0.1) is 0 Å². The summed E-state index contributed by atoms with van der Waals surface area (Å²) in [6.07, 6.45) is 2.20. The summed E-state index contributed by atoms with van der Waals surface area (Å²) in [6, 6.07) is 5.29. The van der Waals surface area contributed by atoms with Gasteiger partial charge in [0.1, 0.15) is 0 Å². The highest BCUT2D eigenvalue weighted by atomic mass is 79.9. The van der Waals surface area contributed by atoms with Crippen molar-refractivity contribution in [3.63, 3.8) is 0 Å². The van der Waals surface area contributed by atoms with Gasteiger partial charge in [0.15, 0.2) is 0 Å². The van der Waals surface area contributed by atoms with E-state index in [-0.39, 0.29) is 5.91 Å². The topological polar surface area (TPSA) is 55.6 Å². The quantitative estimate of drug-likeness (QED) is 0.868. The van der Waals surface area contributed by atoms with E-state index >= 15 is 0 Å². The van der Waals surface area contributed by atoms with Crippen LogP contribution in [-0.4, -0.2) is 37.6 Å². The first-order valence-electron chi connectivity index (χ1n) is 6.46. The molecule has 1 fully saturated rings. The summed E-state index contributed by atoms with van der Waals surface area (Å²) in [6.45, 7) is 2.31. The zero-order valence-corrected chi connectivity index (χ0v) is 12.6. The van der Waals surface area contributed by atoms with Gasteiger partial charge in [-0.2, -0.15) is 0 Å². The lowest BCUT2D eigenvalue weighted by atomic mass is 10.0. The van der Waals surface area contributed by atoms with Crippen molar-refractivity contribution in [1.29, 1.82) is 0 Å². The van der Waals surface area contributed by atoms with Crippen LogP contribution < -0.4 is 5.73 Å². The van der Waals surface area contributed by atoms with Gasteiger partial charge < -0.3 is 15.4 Å². The molecular formula is C14H19BrN2O2. The molecule has 0 aliphatic carbocycles. The van der Waals surface area contributed by atoms with Gasteiger partial charge in [0.25, 0.3) is 5.91 Å². The molecule has 5 heteroatoms. The van der Waals surface area contributed by atoms with Crippen molar-refractivity contribution in [3.8, 4) is 0 Å². The van der Waals surface area contributed by atoms with E-state index in [2.05, 4.69) is 15.9 Å². The third-order valence-corrected chi connectivity index (χ3v) is 4.05. The Kier molecular flexibility index (Phi) is 4.82. The monoisotopic (exact) mass is 326 g/mol. The van der Waals surface area contributed by atoms with E-state index in [0.717, 1.165) is 37.1 Å². The highest BCUT2D eigenvalue weighted by Crippen LogP contribution is 2.22. The first kappa shape index (κ1) is 14.3. The summed E-state index contributed by atoms with van der Waals surface area (Å²) in [5.74, 6) is 0.423. The molecular weight excluding hydrogens is 308 g/mol. The normalized spacial score (nSPS) is 19.2. The summed E-state index contributed by atoms with van der Waals surface area (Å²) in [5.41, 5.74) is 6.95. The van der Waals surface area contributed by atoms with Crippen LogP contribution in [0.1, 0.15) is 23.2 Å². The SMILES string of the molecule is CN(CC1CCCOC1)C(=O)c1cc(N)ccc1Br. The molecule has 0 saturated carbocycles. The number of nitrogens with two attached hydrogens (primary N) is 1. The summed E-state index contributed by atoms with van der Waals surface area (Å²) in [5, 5.41) is 0. The van der Waals surface area contributed by atoms with E-state index in [1.54, 1.807) is 23.1 Å². The minimum atomic E-state index is -0.00949. The standard InChI is InChI=1S/C14H19BrN2O2/c1-17(8-10-3-2-6-19-9-10)14(18)12-7-11(16)4-5-13(12)15/h4-5,7,10H,2-3,6,8-9,16H2,1H3. The molecule has 0 bridgehead atoms. The van der Waals surface area contributed by atoms with E-state index in [1.807, 2.05) is 7.05 Å². The maximum atomic E-state index is 12.4. The van der Waals surface area contributed by atoms with Crippen molar-refractivity contribution in [2.75, 3.05) is 32.5 Å². The number of benzene rings is 1. The Morgan fingerprint density at radius 3 is 3.05 bits per heavy atom. The highest BCUT2D eigenvalue weighted by molar-refractivity contribution is 9.10. The Bertz CT molecular complexity index is 459. The molecule has 1 atom stereocenters. The highest BCUT2D eigenvalue weighted by Gasteiger charge is 2.21. The van der Waals surface area contributed by atoms with Gasteiger partial charge in [-0.05, 0) is 52.9 Å². The Balaban J connectivity index is 2.03. The molecule has 1 aliphatic heterocycles. The van der Waals surface area contributed by atoms with Crippen LogP contribution in [-0.2, 0) is 4.74 Å². The predicted octanol–water partition coefficient (Wildman–Crippen LogP) is 2.53. The number of rotatable bonds is 3. The van der Waals surface area contributed by atoms with Crippen LogP contribution >= 0.6 is 15.9 Å². The summed E-state index contributed by atoms with van der Waals surface area (Å²) >= 11 is 3.40. The van der Waals surface area contributed by atoms with Crippen LogP contribution in [0.25, 0.3) is 0 Å². The number of hydrogen-bond acceptors (Lipinski definition) is 3. The molecule has 1 heterocycles. The second-order valence-electron chi connectivity index (χ2n) is 5.01. The number of ether oxygens (including phenoxy) is 1. The third-order valence-electron chi connectivity index (χ3n) is 3.35. The Labute approximate surface area is 122 Å². The van der Waals surface area contributed by atoms with Gasteiger partial charge in [-0.3, -0.25) is 4.79 Å². The van der Waals surface area contributed by atoms with Gasteiger partial charge >= 0.3 is 0 Å². The van der Waals surface area contributed by atoms with E-state index in [9.17, 15) is 4.79 Å². The van der Waals surface area contributed by atoms with Crippen molar-refractivity contribution in [2.45, 2.75) is 12.8 Å². The first-order valence-corrected chi connectivity index (χ1v) is 7.25. The third kappa shape index (κ3) is 3.70. The van der Waals surface area contributed by atoms with E-state index in [0.29, 0.717) is 17.2 Å². The molecule has 0 aromatic heterocycles. The average molecular weight is 327 g/mol. The number of hydrogen-bond donors (Lipinski definition) is 1. The lowest BCUT2D eigenvalue weighted by molar-refractivity contribution is 0.0388. The zero-order chi connectivity index (χ0) is 13.8. The minimum absolute atomic E-state index is 0.00949. The van der Waals surface area contributed by atoms with Gasteiger partial charge in [-0.1, -0.05) is 0 Å². The molecule has 0 radical (unpaired) electrons. The first-order chi connectivity index (χ1) is 9.08. The van der Waals surface area contributed by atoms with Crippen molar-refractivity contribution in [1.82, 2.24) is 4.90 Å². The number of halogens is 1. The smallest absolute Gasteiger partial charge is 0.254 e. The second-order valence-corrected chi connectivity index (χ2v) is 5.86. The Hall–Kier alpha value is -1.07. The summed E-state index contributed by atoms with van der Waals surface area (Å²) < 4.78 is 6.22. The number of carbonyl (C=O) groups excluding carboxylic acids is 1. The van der Waals surface area contributed by atoms with Crippen molar-refractivity contribution in [3.05, 3.63) is 28.2 Å². The fourth-order valence-electron chi connectivity index (χ4n) is 2.33. The molecule has 1 aromatic rings. The molecule has 1 amide bonds. The van der Waals surface area contributed by atoms with Crippen LogP contribution in [0.15, 0.2) is 22.7 Å². The van der Waals surface area contributed by atoms with Crippen LogP contribution in [0.4, 0.5) is 5.69 Å². The number of carbonyl (C=O) groups is 1. The van der Waals surface area contributed by atoms with Gasteiger partial charge in [0.2, 0.25) is 0 Å². The molecule has 1 unspecified atom stereocenters. The zero-order valence-electron chi connectivity index (χ0n) is 11.1. The maximum absolute atomic E-state index is 12.4. The van der Waals surface area contributed by atoms with Crippen molar-refractivity contribution < 1.29 is 9.53 Å². The van der Waals surface area contributed by atoms with Crippen molar-refractivity contribution >= 4 is 27.5 Å². The molecule has 1 saturated heterocycles. The lowest BCUT2D eigenvalue weighted by Gasteiger charge is -2.27. The Morgan fingerprint density at radius 1 is 1.58 bits per heavy atom. The molecule has 104 valence electrons. The Morgan fingerprint density at radius 2 is 2.37 bits per heavy atom. The fraction of sp³-hybridized carbons (Fsp3) is 0.500. The van der Waals surface area contributed by atoms with E-state index in [1.165, 1.54) is 0 Å². The lowest BCUT2D eigenvalue weighted by Crippen LogP contribution is -2.35. The number of nitrogen functional groups attached to an aromatic ring is 1. The maximum Gasteiger partial charge on any atom is 0.254 e. The van der Waals surface area contributed by atoms with Gasteiger partial charge in [0, 0.05) is 30.4 Å². The summed E-state index contributed by atoms with van der Waals surface area (Å²) in [7, 11) is 1.83. The molecule has 19 heavy (non-hydrogen) atoms. The molecule has 0 spiro atoms. The molecule has 2 N–H and O–H groups in total. The van der Waals surface area contributed by atoms with Crippen LogP contribution in [0.3, 0.4) is 0 Å². The number of amides is 1.